The summed E-state index contributed by atoms with van der Waals surface area (Å²) in [6.07, 6.45) is 3.01. The molecule has 2 nitrogen and oxygen atoms in total. The van der Waals surface area contributed by atoms with E-state index in [1.807, 2.05) is 12.3 Å². The standard InChI is InChI=1S/C19H28N2/c1-6-20-18(13-14(2)19(3,4)5)16-9-7-11-17-15(16)10-8-12-21-17/h7-12,14,18,20H,6,13H2,1-5H3. The lowest BCUT2D eigenvalue weighted by atomic mass is 9.77. The van der Waals surface area contributed by atoms with E-state index in [9.17, 15) is 0 Å². The van der Waals surface area contributed by atoms with Gasteiger partial charge in [0, 0.05) is 17.6 Å². The van der Waals surface area contributed by atoms with Crippen molar-refractivity contribution in [2.24, 2.45) is 11.3 Å². The van der Waals surface area contributed by atoms with Gasteiger partial charge in [0.2, 0.25) is 0 Å². The van der Waals surface area contributed by atoms with Crippen molar-refractivity contribution >= 4 is 10.9 Å². The Balaban J connectivity index is 2.36. The number of benzene rings is 1. The molecule has 0 aliphatic rings. The Bertz CT molecular complexity index is 578. The molecular formula is C19H28N2. The van der Waals surface area contributed by atoms with Crippen LogP contribution in [-0.4, -0.2) is 11.5 Å². The SMILES string of the molecule is CCNC(CC(C)C(C)(C)C)c1cccc2ncccc12. The quantitative estimate of drug-likeness (QED) is 0.839. The van der Waals surface area contributed by atoms with Crippen LogP contribution in [0, 0.1) is 11.3 Å². The molecule has 0 bridgehead atoms. The predicted molar refractivity (Wildman–Crippen MR) is 91.4 cm³/mol. The van der Waals surface area contributed by atoms with E-state index in [1.165, 1.54) is 10.9 Å². The molecule has 2 unspecified atom stereocenters. The highest BCUT2D eigenvalue weighted by Gasteiger charge is 2.24. The second kappa shape index (κ2) is 6.57. The van der Waals surface area contributed by atoms with Gasteiger partial charge in [-0.25, -0.2) is 0 Å². The summed E-state index contributed by atoms with van der Waals surface area (Å²) in [6, 6.07) is 11.1. The largest absolute Gasteiger partial charge is 0.310 e. The zero-order valence-electron chi connectivity index (χ0n) is 14.0. The smallest absolute Gasteiger partial charge is 0.0705 e. The van der Waals surface area contributed by atoms with Crippen molar-refractivity contribution in [1.29, 1.82) is 0 Å². The highest BCUT2D eigenvalue weighted by molar-refractivity contribution is 5.82. The van der Waals surface area contributed by atoms with E-state index < -0.39 is 0 Å². The molecule has 0 radical (unpaired) electrons. The average molecular weight is 284 g/mol. The topological polar surface area (TPSA) is 24.9 Å². The van der Waals surface area contributed by atoms with Crippen LogP contribution in [0.25, 0.3) is 10.9 Å². The fourth-order valence-corrected chi connectivity index (χ4v) is 2.70. The van der Waals surface area contributed by atoms with E-state index in [-0.39, 0.29) is 0 Å². The monoisotopic (exact) mass is 284 g/mol. The van der Waals surface area contributed by atoms with Gasteiger partial charge in [-0.2, -0.15) is 0 Å². The first-order valence-electron chi connectivity index (χ1n) is 8.00. The first-order chi connectivity index (χ1) is 9.93. The summed E-state index contributed by atoms with van der Waals surface area (Å²) in [5.41, 5.74) is 2.79. The molecule has 2 atom stereocenters. The lowest BCUT2D eigenvalue weighted by Gasteiger charge is -2.31. The predicted octanol–water partition coefficient (Wildman–Crippen LogP) is 4.96. The number of pyridine rings is 1. The fourth-order valence-electron chi connectivity index (χ4n) is 2.70. The third-order valence-electron chi connectivity index (χ3n) is 4.57. The van der Waals surface area contributed by atoms with Gasteiger partial charge in [0.05, 0.1) is 5.52 Å². The molecular weight excluding hydrogens is 256 g/mol. The Labute approximate surface area is 129 Å². The van der Waals surface area contributed by atoms with Crippen molar-refractivity contribution in [3.63, 3.8) is 0 Å². The van der Waals surface area contributed by atoms with Crippen LogP contribution >= 0.6 is 0 Å². The van der Waals surface area contributed by atoms with Crippen LogP contribution in [0.3, 0.4) is 0 Å². The van der Waals surface area contributed by atoms with E-state index in [2.05, 4.69) is 69.2 Å². The molecule has 2 rings (SSSR count). The number of hydrogen-bond acceptors (Lipinski definition) is 2. The summed E-state index contributed by atoms with van der Waals surface area (Å²) < 4.78 is 0. The highest BCUT2D eigenvalue weighted by Crippen LogP contribution is 2.35. The highest BCUT2D eigenvalue weighted by atomic mass is 14.9. The molecule has 0 fully saturated rings. The molecule has 2 aromatic rings. The first-order valence-corrected chi connectivity index (χ1v) is 8.00. The second-order valence-electron chi connectivity index (χ2n) is 7.03. The van der Waals surface area contributed by atoms with Crippen molar-refractivity contribution in [2.75, 3.05) is 6.54 Å². The van der Waals surface area contributed by atoms with Crippen LogP contribution in [0.4, 0.5) is 0 Å². The second-order valence-corrected chi connectivity index (χ2v) is 7.03. The molecule has 2 heteroatoms. The molecule has 1 aromatic heterocycles. The Morgan fingerprint density at radius 2 is 1.90 bits per heavy atom. The molecule has 0 amide bonds. The molecule has 0 saturated carbocycles. The van der Waals surface area contributed by atoms with Gasteiger partial charge in [0.1, 0.15) is 0 Å². The van der Waals surface area contributed by atoms with Crippen molar-refractivity contribution in [1.82, 2.24) is 10.3 Å². The molecule has 21 heavy (non-hydrogen) atoms. The Morgan fingerprint density at radius 1 is 1.14 bits per heavy atom. The number of fused-ring (bicyclic) bond motifs is 1. The van der Waals surface area contributed by atoms with Gasteiger partial charge in [0.15, 0.2) is 0 Å². The first kappa shape index (κ1) is 16.0. The number of nitrogens with one attached hydrogen (secondary N) is 1. The maximum atomic E-state index is 4.48. The number of rotatable bonds is 5. The summed E-state index contributed by atoms with van der Waals surface area (Å²) in [5, 5.41) is 4.94. The van der Waals surface area contributed by atoms with E-state index >= 15 is 0 Å². The number of hydrogen-bond donors (Lipinski definition) is 1. The fraction of sp³-hybridized carbons (Fsp3) is 0.526. The van der Waals surface area contributed by atoms with Crippen molar-refractivity contribution < 1.29 is 0 Å². The summed E-state index contributed by atoms with van der Waals surface area (Å²) in [7, 11) is 0. The van der Waals surface area contributed by atoms with E-state index in [0.717, 1.165) is 18.5 Å². The Kier molecular flexibility index (Phi) is 5.00. The van der Waals surface area contributed by atoms with Crippen LogP contribution < -0.4 is 5.32 Å². The Morgan fingerprint density at radius 3 is 2.57 bits per heavy atom. The zero-order chi connectivity index (χ0) is 15.5. The molecule has 1 N–H and O–H groups in total. The van der Waals surface area contributed by atoms with Crippen LogP contribution in [0.2, 0.25) is 0 Å². The molecule has 0 aliphatic heterocycles. The van der Waals surface area contributed by atoms with Gasteiger partial charge in [-0.15, -0.1) is 0 Å². The minimum atomic E-state index is 0.330. The van der Waals surface area contributed by atoms with Gasteiger partial charge in [-0.3, -0.25) is 4.98 Å². The van der Waals surface area contributed by atoms with Gasteiger partial charge < -0.3 is 5.32 Å². The summed E-state index contributed by atoms with van der Waals surface area (Å²) in [6.45, 7) is 12.5. The summed E-state index contributed by atoms with van der Waals surface area (Å²) >= 11 is 0. The van der Waals surface area contributed by atoms with Crippen molar-refractivity contribution in [2.45, 2.75) is 47.1 Å². The van der Waals surface area contributed by atoms with Crippen LogP contribution in [0.5, 0.6) is 0 Å². The Hall–Kier alpha value is -1.41. The molecule has 0 spiro atoms. The maximum absolute atomic E-state index is 4.48. The lowest BCUT2D eigenvalue weighted by molar-refractivity contribution is 0.224. The number of aromatic nitrogens is 1. The average Bonchev–Trinajstić information content (AvgIpc) is 2.45. The minimum Gasteiger partial charge on any atom is -0.310 e. The van der Waals surface area contributed by atoms with E-state index in [4.69, 9.17) is 0 Å². The van der Waals surface area contributed by atoms with Crippen LogP contribution in [-0.2, 0) is 0 Å². The summed E-state index contributed by atoms with van der Waals surface area (Å²) in [5.74, 6) is 0.647. The molecule has 1 aromatic carbocycles. The summed E-state index contributed by atoms with van der Waals surface area (Å²) in [4.78, 5) is 4.48. The third kappa shape index (κ3) is 3.82. The van der Waals surface area contributed by atoms with Gasteiger partial charge in [0.25, 0.3) is 0 Å². The number of nitrogens with zero attached hydrogens (tertiary/aromatic N) is 1. The maximum Gasteiger partial charge on any atom is 0.0705 e. The van der Waals surface area contributed by atoms with Crippen LogP contribution in [0.1, 0.15) is 52.6 Å². The zero-order valence-corrected chi connectivity index (χ0v) is 14.0. The van der Waals surface area contributed by atoms with Gasteiger partial charge >= 0.3 is 0 Å². The van der Waals surface area contributed by atoms with Crippen molar-refractivity contribution in [3.8, 4) is 0 Å². The molecule has 1 heterocycles. The van der Waals surface area contributed by atoms with E-state index in [1.54, 1.807) is 0 Å². The van der Waals surface area contributed by atoms with Gasteiger partial charge in [-0.1, -0.05) is 52.8 Å². The lowest BCUT2D eigenvalue weighted by Crippen LogP contribution is -2.27. The normalized spacial score (nSPS) is 15.1. The molecule has 0 aliphatic carbocycles. The molecule has 0 saturated heterocycles. The van der Waals surface area contributed by atoms with Crippen molar-refractivity contribution in [3.05, 3.63) is 42.1 Å². The van der Waals surface area contributed by atoms with Crippen LogP contribution in [0.15, 0.2) is 36.5 Å². The molecule has 114 valence electrons. The van der Waals surface area contributed by atoms with E-state index in [0.29, 0.717) is 17.4 Å². The van der Waals surface area contributed by atoms with Gasteiger partial charge in [-0.05, 0) is 42.0 Å². The third-order valence-corrected chi connectivity index (χ3v) is 4.57. The minimum absolute atomic E-state index is 0.330.